The van der Waals surface area contributed by atoms with Crippen LogP contribution in [0.25, 0.3) is 0 Å². The maximum absolute atomic E-state index is 12.1. The lowest BCUT2D eigenvalue weighted by atomic mass is 10.0. The zero-order chi connectivity index (χ0) is 11.3. The standard InChI is InChI=1S/C11H19NO2S/c1-3-10-12(4-2)15(13,14)11-8-6-5-7-9-11/h1,11H,4-10H2,2H3. The quantitative estimate of drug-likeness (QED) is 0.687. The highest BCUT2D eigenvalue weighted by molar-refractivity contribution is 7.89. The van der Waals surface area contributed by atoms with Crippen LogP contribution in [-0.4, -0.2) is 31.1 Å². The van der Waals surface area contributed by atoms with Crippen molar-refractivity contribution in [3.63, 3.8) is 0 Å². The van der Waals surface area contributed by atoms with Crippen LogP contribution in [0.15, 0.2) is 0 Å². The number of nitrogens with zero attached hydrogens (tertiary/aromatic N) is 1. The molecule has 0 aromatic rings. The van der Waals surface area contributed by atoms with E-state index in [0.717, 1.165) is 32.1 Å². The van der Waals surface area contributed by atoms with Gasteiger partial charge < -0.3 is 0 Å². The van der Waals surface area contributed by atoms with Gasteiger partial charge in [-0.25, -0.2) is 8.42 Å². The highest BCUT2D eigenvalue weighted by Gasteiger charge is 2.31. The van der Waals surface area contributed by atoms with E-state index in [2.05, 4.69) is 5.92 Å². The highest BCUT2D eigenvalue weighted by atomic mass is 32.2. The predicted octanol–water partition coefficient (Wildman–Crippen LogP) is 1.60. The van der Waals surface area contributed by atoms with Crippen molar-refractivity contribution < 1.29 is 8.42 Å². The van der Waals surface area contributed by atoms with Gasteiger partial charge in [0.2, 0.25) is 10.0 Å². The summed E-state index contributed by atoms with van der Waals surface area (Å²) >= 11 is 0. The maximum Gasteiger partial charge on any atom is 0.217 e. The molecule has 4 heteroatoms. The molecule has 0 N–H and O–H groups in total. The first-order valence-electron chi connectivity index (χ1n) is 5.55. The molecule has 0 atom stereocenters. The van der Waals surface area contributed by atoms with Gasteiger partial charge in [-0.2, -0.15) is 4.31 Å². The minimum atomic E-state index is -3.15. The lowest BCUT2D eigenvalue weighted by Crippen LogP contribution is -2.39. The van der Waals surface area contributed by atoms with E-state index >= 15 is 0 Å². The summed E-state index contributed by atoms with van der Waals surface area (Å²) in [5, 5.41) is -0.195. The fraction of sp³-hybridized carbons (Fsp3) is 0.818. The minimum Gasteiger partial charge on any atom is -0.212 e. The first-order valence-corrected chi connectivity index (χ1v) is 7.05. The van der Waals surface area contributed by atoms with Gasteiger partial charge in [0, 0.05) is 6.54 Å². The Balaban J connectivity index is 2.75. The van der Waals surface area contributed by atoms with Gasteiger partial charge in [0.1, 0.15) is 0 Å². The van der Waals surface area contributed by atoms with E-state index < -0.39 is 10.0 Å². The second-order valence-corrected chi connectivity index (χ2v) is 6.15. The normalized spacial score (nSPS) is 19.0. The molecule has 1 aliphatic rings. The van der Waals surface area contributed by atoms with Crippen LogP contribution in [0.2, 0.25) is 0 Å². The molecule has 0 amide bonds. The molecule has 86 valence electrons. The Morgan fingerprint density at radius 2 is 1.93 bits per heavy atom. The summed E-state index contributed by atoms with van der Waals surface area (Å²) in [5.74, 6) is 2.41. The minimum absolute atomic E-state index is 0.195. The van der Waals surface area contributed by atoms with Crippen molar-refractivity contribution in [3.05, 3.63) is 0 Å². The van der Waals surface area contributed by atoms with Crippen molar-refractivity contribution in [1.29, 1.82) is 0 Å². The summed E-state index contributed by atoms with van der Waals surface area (Å²) in [7, 11) is -3.15. The van der Waals surface area contributed by atoms with Gasteiger partial charge >= 0.3 is 0 Å². The van der Waals surface area contributed by atoms with E-state index in [4.69, 9.17) is 6.42 Å². The van der Waals surface area contributed by atoms with E-state index in [0.29, 0.717) is 6.54 Å². The third-order valence-electron chi connectivity index (χ3n) is 2.95. The topological polar surface area (TPSA) is 37.4 Å². The van der Waals surface area contributed by atoms with Gasteiger partial charge in [0.05, 0.1) is 11.8 Å². The number of terminal acetylenes is 1. The van der Waals surface area contributed by atoms with Crippen molar-refractivity contribution in [2.75, 3.05) is 13.1 Å². The van der Waals surface area contributed by atoms with Crippen molar-refractivity contribution in [1.82, 2.24) is 4.31 Å². The average Bonchev–Trinajstić information content (AvgIpc) is 2.27. The molecule has 0 aromatic carbocycles. The smallest absolute Gasteiger partial charge is 0.212 e. The van der Waals surface area contributed by atoms with E-state index in [-0.39, 0.29) is 11.8 Å². The SMILES string of the molecule is C#CCN(CC)S(=O)(=O)C1CCCCC1. The molecular formula is C11H19NO2S. The summed E-state index contributed by atoms with van der Waals surface area (Å²) in [6, 6.07) is 0. The molecule has 1 fully saturated rings. The van der Waals surface area contributed by atoms with Crippen molar-refractivity contribution in [2.24, 2.45) is 0 Å². The van der Waals surface area contributed by atoms with E-state index in [1.165, 1.54) is 4.31 Å². The summed E-state index contributed by atoms with van der Waals surface area (Å²) in [5.41, 5.74) is 0. The zero-order valence-corrected chi connectivity index (χ0v) is 10.1. The van der Waals surface area contributed by atoms with Crippen LogP contribution in [0.5, 0.6) is 0 Å². The number of rotatable bonds is 4. The second-order valence-electron chi connectivity index (χ2n) is 3.94. The van der Waals surface area contributed by atoms with Crippen LogP contribution >= 0.6 is 0 Å². The third-order valence-corrected chi connectivity index (χ3v) is 5.37. The Kier molecular flexibility index (Phi) is 4.62. The summed E-state index contributed by atoms with van der Waals surface area (Å²) < 4.78 is 25.7. The van der Waals surface area contributed by atoms with Crippen LogP contribution in [-0.2, 0) is 10.0 Å². The van der Waals surface area contributed by atoms with Gasteiger partial charge in [-0.05, 0) is 12.8 Å². The molecule has 1 aliphatic carbocycles. The first kappa shape index (κ1) is 12.5. The predicted molar refractivity (Wildman–Crippen MR) is 61.9 cm³/mol. The molecular weight excluding hydrogens is 210 g/mol. The fourth-order valence-electron chi connectivity index (χ4n) is 2.06. The van der Waals surface area contributed by atoms with E-state index in [1.807, 2.05) is 6.92 Å². The molecule has 1 saturated carbocycles. The fourth-order valence-corrected chi connectivity index (χ4v) is 4.02. The maximum atomic E-state index is 12.1. The molecule has 0 heterocycles. The van der Waals surface area contributed by atoms with E-state index in [9.17, 15) is 8.42 Å². The monoisotopic (exact) mass is 229 g/mol. The van der Waals surface area contributed by atoms with Crippen molar-refractivity contribution >= 4 is 10.0 Å². The Morgan fingerprint density at radius 3 is 2.40 bits per heavy atom. The van der Waals surface area contributed by atoms with Gasteiger partial charge in [0.25, 0.3) is 0 Å². The van der Waals surface area contributed by atoms with Gasteiger partial charge in [-0.15, -0.1) is 6.42 Å². The Bertz CT molecular complexity index is 323. The largest absolute Gasteiger partial charge is 0.217 e. The Hall–Kier alpha value is -0.530. The highest BCUT2D eigenvalue weighted by Crippen LogP contribution is 2.25. The Labute approximate surface area is 92.9 Å². The summed E-state index contributed by atoms with van der Waals surface area (Å²) in [4.78, 5) is 0. The van der Waals surface area contributed by atoms with Gasteiger partial charge in [-0.1, -0.05) is 32.1 Å². The van der Waals surface area contributed by atoms with Crippen molar-refractivity contribution in [3.8, 4) is 12.3 Å². The summed E-state index contributed by atoms with van der Waals surface area (Å²) in [6.07, 6.45) is 9.98. The number of sulfonamides is 1. The molecule has 0 aliphatic heterocycles. The number of hydrogen-bond donors (Lipinski definition) is 0. The molecule has 3 nitrogen and oxygen atoms in total. The number of hydrogen-bond acceptors (Lipinski definition) is 2. The Morgan fingerprint density at radius 1 is 1.33 bits per heavy atom. The summed E-state index contributed by atoms with van der Waals surface area (Å²) in [6.45, 7) is 2.51. The molecule has 0 spiro atoms. The molecule has 0 saturated heterocycles. The van der Waals surface area contributed by atoms with Crippen LogP contribution in [0.4, 0.5) is 0 Å². The zero-order valence-electron chi connectivity index (χ0n) is 9.28. The second kappa shape index (κ2) is 5.53. The van der Waals surface area contributed by atoms with Crippen LogP contribution in [0, 0.1) is 12.3 Å². The van der Waals surface area contributed by atoms with E-state index in [1.54, 1.807) is 0 Å². The molecule has 0 unspecified atom stereocenters. The molecule has 1 rings (SSSR count). The average molecular weight is 229 g/mol. The molecule has 0 aromatic heterocycles. The lowest BCUT2D eigenvalue weighted by Gasteiger charge is -2.27. The third kappa shape index (κ3) is 2.96. The van der Waals surface area contributed by atoms with Gasteiger partial charge in [0.15, 0.2) is 0 Å². The molecule has 0 radical (unpaired) electrons. The van der Waals surface area contributed by atoms with Gasteiger partial charge in [-0.3, -0.25) is 0 Å². The van der Waals surface area contributed by atoms with Crippen LogP contribution in [0.1, 0.15) is 39.0 Å². The lowest BCUT2D eigenvalue weighted by molar-refractivity contribution is 0.421. The molecule has 0 bridgehead atoms. The first-order chi connectivity index (χ1) is 7.12. The van der Waals surface area contributed by atoms with Crippen molar-refractivity contribution in [2.45, 2.75) is 44.3 Å². The molecule has 15 heavy (non-hydrogen) atoms. The van der Waals surface area contributed by atoms with Crippen LogP contribution in [0.3, 0.4) is 0 Å². The van der Waals surface area contributed by atoms with Crippen LogP contribution < -0.4 is 0 Å².